The van der Waals surface area contributed by atoms with Crippen LogP contribution in [-0.4, -0.2) is 36.8 Å². The van der Waals surface area contributed by atoms with Crippen molar-refractivity contribution >= 4 is 35.0 Å². The van der Waals surface area contributed by atoms with Crippen LogP contribution < -0.4 is 10.2 Å². The molecule has 0 atom stereocenters. The van der Waals surface area contributed by atoms with E-state index in [1.807, 2.05) is 18.2 Å². The Bertz CT molecular complexity index is 572. The van der Waals surface area contributed by atoms with E-state index in [0.29, 0.717) is 18.4 Å². The molecule has 0 spiro atoms. The third kappa shape index (κ3) is 3.32. The Labute approximate surface area is 128 Å². The minimum absolute atomic E-state index is 0.0207. The lowest BCUT2D eigenvalue weighted by Gasteiger charge is -2.28. The lowest BCUT2D eigenvalue weighted by atomic mass is 10.2. The molecule has 1 aromatic rings. The van der Waals surface area contributed by atoms with Crippen molar-refractivity contribution in [2.75, 3.05) is 29.1 Å². The first-order valence-corrected chi connectivity index (χ1v) is 8.15. The molecule has 2 aliphatic rings. The molecule has 1 aliphatic carbocycles. The number of thioether (sulfide) groups is 1. The number of carbonyl (C=O) groups is 2. The van der Waals surface area contributed by atoms with Crippen LogP contribution in [0.2, 0.25) is 0 Å². The summed E-state index contributed by atoms with van der Waals surface area (Å²) in [5.74, 6) is -0.0599. The summed E-state index contributed by atoms with van der Waals surface area (Å²) in [7, 11) is 0. The van der Waals surface area contributed by atoms with Crippen LogP contribution >= 0.6 is 11.8 Å². The van der Waals surface area contributed by atoms with Gasteiger partial charge in [-0.3, -0.25) is 14.5 Å². The normalized spacial score (nSPS) is 17.4. The van der Waals surface area contributed by atoms with Crippen molar-refractivity contribution in [3.63, 3.8) is 0 Å². The number of rotatable bonds is 5. The fourth-order valence-electron chi connectivity index (χ4n) is 2.26. The Balaban J connectivity index is 1.83. The van der Waals surface area contributed by atoms with Gasteiger partial charge in [-0.2, -0.15) is 0 Å². The quantitative estimate of drug-likeness (QED) is 0.846. The number of nitrogens with one attached hydrogen (secondary N) is 1. The van der Waals surface area contributed by atoms with Gasteiger partial charge in [0.25, 0.3) is 0 Å². The van der Waals surface area contributed by atoms with Gasteiger partial charge in [0.1, 0.15) is 6.54 Å². The van der Waals surface area contributed by atoms with Crippen LogP contribution in [0.1, 0.15) is 19.8 Å². The zero-order chi connectivity index (χ0) is 14.8. The number of esters is 1. The van der Waals surface area contributed by atoms with Crippen LogP contribution in [0, 0.1) is 0 Å². The molecule has 1 aliphatic heterocycles. The highest BCUT2D eigenvalue weighted by Crippen LogP contribution is 2.38. The molecule has 1 N–H and O–H groups in total. The summed E-state index contributed by atoms with van der Waals surface area (Å²) < 4.78 is 4.96. The average molecular weight is 306 g/mol. The number of nitrogens with zero attached hydrogens (tertiary/aromatic N) is 1. The van der Waals surface area contributed by atoms with E-state index in [0.717, 1.165) is 16.3 Å². The van der Waals surface area contributed by atoms with Gasteiger partial charge >= 0.3 is 5.97 Å². The second-order valence-electron chi connectivity index (χ2n) is 5.17. The molecule has 0 unspecified atom stereocenters. The van der Waals surface area contributed by atoms with Crippen molar-refractivity contribution in [1.82, 2.24) is 0 Å². The number of amides is 1. The number of fused-ring (bicyclic) bond motifs is 1. The van der Waals surface area contributed by atoms with E-state index in [1.54, 1.807) is 6.92 Å². The first kappa shape index (κ1) is 14.3. The molecule has 0 aromatic heterocycles. The predicted molar refractivity (Wildman–Crippen MR) is 82.8 cm³/mol. The van der Waals surface area contributed by atoms with Gasteiger partial charge in [-0.15, -0.1) is 11.8 Å². The first-order chi connectivity index (χ1) is 10.2. The third-order valence-corrected chi connectivity index (χ3v) is 4.49. The molecule has 1 amide bonds. The fraction of sp³-hybridized carbons (Fsp3) is 0.467. The molecule has 5 nitrogen and oxygen atoms in total. The molecule has 1 saturated carbocycles. The molecule has 1 heterocycles. The number of anilines is 2. The molecule has 0 saturated heterocycles. The van der Waals surface area contributed by atoms with E-state index >= 15 is 0 Å². The molecule has 1 aromatic carbocycles. The van der Waals surface area contributed by atoms with E-state index in [-0.39, 0.29) is 18.4 Å². The summed E-state index contributed by atoms with van der Waals surface area (Å²) in [6.07, 6.45) is 2.38. The molecule has 112 valence electrons. The molecule has 0 radical (unpaired) electrons. The van der Waals surface area contributed by atoms with Gasteiger partial charge in [0.15, 0.2) is 0 Å². The number of carbonyl (C=O) groups excluding carboxylic acids is 2. The topological polar surface area (TPSA) is 58.6 Å². The predicted octanol–water partition coefficient (Wildman–Crippen LogP) is 2.26. The molecule has 3 rings (SSSR count). The van der Waals surface area contributed by atoms with Gasteiger partial charge in [0.2, 0.25) is 5.91 Å². The third-order valence-electron chi connectivity index (χ3n) is 3.44. The largest absolute Gasteiger partial charge is 0.465 e. The number of hydrogen-bond acceptors (Lipinski definition) is 5. The minimum Gasteiger partial charge on any atom is -0.465 e. The van der Waals surface area contributed by atoms with Gasteiger partial charge in [0, 0.05) is 16.6 Å². The Hall–Kier alpha value is -1.69. The van der Waals surface area contributed by atoms with Crippen molar-refractivity contribution in [1.29, 1.82) is 0 Å². The number of hydrogen-bond donors (Lipinski definition) is 1. The Morgan fingerprint density at radius 3 is 3.00 bits per heavy atom. The first-order valence-electron chi connectivity index (χ1n) is 7.16. The standard InChI is InChI=1S/C15H18N2O3S/c1-2-20-15(19)8-17-12-7-11(16-10-3-4-10)5-6-13(12)21-9-14(17)18/h5-7,10,16H,2-4,8-9H2,1H3. The Morgan fingerprint density at radius 1 is 1.48 bits per heavy atom. The van der Waals surface area contributed by atoms with Crippen molar-refractivity contribution in [3.8, 4) is 0 Å². The van der Waals surface area contributed by atoms with Gasteiger partial charge in [-0.25, -0.2) is 0 Å². The average Bonchev–Trinajstić information content (AvgIpc) is 3.26. The lowest BCUT2D eigenvalue weighted by molar-refractivity contribution is -0.142. The van der Waals surface area contributed by atoms with Gasteiger partial charge in [0.05, 0.1) is 18.0 Å². The van der Waals surface area contributed by atoms with E-state index < -0.39 is 0 Å². The van der Waals surface area contributed by atoms with Crippen molar-refractivity contribution in [3.05, 3.63) is 18.2 Å². The summed E-state index contributed by atoms with van der Waals surface area (Å²) in [5.41, 5.74) is 1.80. The maximum atomic E-state index is 12.1. The van der Waals surface area contributed by atoms with Crippen LogP contribution in [-0.2, 0) is 14.3 Å². The van der Waals surface area contributed by atoms with Gasteiger partial charge in [-0.05, 0) is 38.0 Å². The molecule has 1 fully saturated rings. The molecule has 6 heteroatoms. The van der Waals surface area contributed by atoms with Crippen LogP contribution in [0.4, 0.5) is 11.4 Å². The van der Waals surface area contributed by atoms with Crippen LogP contribution in [0.25, 0.3) is 0 Å². The highest BCUT2D eigenvalue weighted by atomic mass is 32.2. The summed E-state index contributed by atoms with van der Waals surface area (Å²) in [4.78, 5) is 26.4. The maximum Gasteiger partial charge on any atom is 0.326 e. The van der Waals surface area contributed by atoms with E-state index in [9.17, 15) is 9.59 Å². The van der Waals surface area contributed by atoms with Crippen molar-refractivity contribution in [2.45, 2.75) is 30.7 Å². The van der Waals surface area contributed by atoms with Gasteiger partial charge < -0.3 is 10.1 Å². The van der Waals surface area contributed by atoms with E-state index in [4.69, 9.17) is 4.74 Å². The SMILES string of the molecule is CCOC(=O)CN1C(=O)CSc2ccc(NC3CC3)cc21. The maximum absolute atomic E-state index is 12.1. The molecule has 21 heavy (non-hydrogen) atoms. The van der Waals surface area contributed by atoms with Crippen molar-refractivity contribution in [2.24, 2.45) is 0 Å². The monoisotopic (exact) mass is 306 g/mol. The van der Waals surface area contributed by atoms with Gasteiger partial charge in [-0.1, -0.05) is 0 Å². The molecule has 0 bridgehead atoms. The van der Waals surface area contributed by atoms with E-state index in [2.05, 4.69) is 5.32 Å². The number of benzene rings is 1. The zero-order valence-corrected chi connectivity index (χ0v) is 12.7. The lowest BCUT2D eigenvalue weighted by Crippen LogP contribution is -2.40. The van der Waals surface area contributed by atoms with Crippen LogP contribution in [0.3, 0.4) is 0 Å². The smallest absolute Gasteiger partial charge is 0.326 e. The van der Waals surface area contributed by atoms with Crippen LogP contribution in [0.15, 0.2) is 23.1 Å². The second kappa shape index (κ2) is 5.97. The summed E-state index contributed by atoms with van der Waals surface area (Å²) in [6.45, 7) is 2.07. The Kier molecular flexibility index (Phi) is 4.05. The van der Waals surface area contributed by atoms with Crippen LogP contribution in [0.5, 0.6) is 0 Å². The zero-order valence-electron chi connectivity index (χ0n) is 11.9. The molecular weight excluding hydrogens is 288 g/mol. The highest BCUT2D eigenvalue weighted by Gasteiger charge is 2.28. The summed E-state index contributed by atoms with van der Waals surface area (Å²) in [6, 6.07) is 6.54. The highest BCUT2D eigenvalue weighted by molar-refractivity contribution is 8.00. The van der Waals surface area contributed by atoms with E-state index in [1.165, 1.54) is 29.5 Å². The summed E-state index contributed by atoms with van der Waals surface area (Å²) >= 11 is 1.51. The van der Waals surface area contributed by atoms with Crippen molar-refractivity contribution < 1.29 is 14.3 Å². The summed E-state index contributed by atoms with van der Waals surface area (Å²) in [5, 5.41) is 3.42. The Morgan fingerprint density at radius 2 is 2.29 bits per heavy atom. The number of ether oxygens (including phenoxy) is 1. The molecular formula is C15H18N2O3S. The minimum atomic E-state index is -0.371. The fourth-order valence-corrected chi connectivity index (χ4v) is 3.18. The second-order valence-corrected chi connectivity index (χ2v) is 6.19.